The number of carboxylic acids is 4. The Morgan fingerprint density at radius 1 is 0.676 bits per heavy atom. The zero-order valence-corrected chi connectivity index (χ0v) is 24.7. The molecule has 4 amide bonds. The molecule has 1 aromatic carbocycles. The molecule has 0 unspecified atom stereocenters. The van der Waals surface area contributed by atoms with Crippen molar-refractivity contribution in [3.8, 4) is 0 Å². The smallest absolute Gasteiger partial charge is 0.340 e. The average molecular weight is 672 g/mol. The second-order valence-electron chi connectivity index (χ2n) is 6.47. The summed E-state index contributed by atoms with van der Waals surface area (Å²) in [6.07, 6.45) is 0. The molecule has 194 valence electrons. The van der Waals surface area contributed by atoms with E-state index in [9.17, 15) is 58.8 Å². The maximum atomic E-state index is 12.5. The SMILES string of the molecule is CCNC(=O)C(C(=O)O)(C(=O)O)C(=O)Nc1[c-]cc(NC(=O)C(C(=O)O)(C(=O)O)C(=O)NC)[c-]c1.[Y].[Y]. The summed E-state index contributed by atoms with van der Waals surface area (Å²) in [6.45, 7) is 1.17. The van der Waals surface area contributed by atoms with Gasteiger partial charge in [0, 0.05) is 79.0 Å². The first kappa shape index (κ1) is 36.3. The van der Waals surface area contributed by atoms with Gasteiger partial charge >= 0.3 is 34.7 Å². The van der Waals surface area contributed by atoms with Crippen LogP contribution in [0.25, 0.3) is 0 Å². The molecule has 18 heteroatoms. The molecular formula is C19H18N4O12Y2-2. The zero-order chi connectivity index (χ0) is 27.1. The van der Waals surface area contributed by atoms with Crippen molar-refractivity contribution in [3.63, 3.8) is 0 Å². The molecule has 37 heavy (non-hydrogen) atoms. The molecule has 0 aliphatic rings. The summed E-state index contributed by atoms with van der Waals surface area (Å²) in [5.74, 6) is -16.0. The van der Waals surface area contributed by atoms with Gasteiger partial charge in [0.1, 0.15) is 0 Å². The molecule has 0 saturated carbocycles. The van der Waals surface area contributed by atoms with Gasteiger partial charge in [0.25, 0.3) is 23.6 Å². The van der Waals surface area contributed by atoms with E-state index in [0.29, 0.717) is 0 Å². The van der Waals surface area contributed by atoms with Gasteiger partial charge in [-0.1, -0.05) is 0 Å². The molecule has 1 aromatic rings. The molecule has 16 nitrogen and oxygen atoms in total. The predicted molar refractivity (Wildman–Crippen MR) is 110 cm³/mol. The molecule has 0 aromatic heterocycles. The molecule has 2 radical (unpaired) electrons. The Hall–Kier alpha value is -2.81. The first-order valence-corrected chi connectivity index (χ1v) is 9.24. The number of nitrogens with one attached hydrogen (secondary N) is 4. The zero-order valence-electron chi connectivity index (χ0n) is 19.1. The van der Waals surface area contributed by atoms with Crippen LogP contribution in [0.15, 0.2) is 12.1 Å². The van der Waals surface area contributed by atoms with E-state index in [-0.39, 0.29) is 72.0 Å². The third kappa shape index (κ3) is 6.94. The van der Waals surface area contributed by atoms with E-state index in [1.54, 1.807) is 5.32 Å². The number of aliphatic carboxylic acids is 4. The first-order chi connectivity index (χ1) is 16.2. The molecule has 1 rings (SSSR count). The maximum Gasteiger partial charge on any atom is 0.340 e. The van der Waals surface area contributed by atoms with E-state index in [2.05, 4.69) is 12.1 Å². The van der Waals surface area contributed by atoms with Crippen molar-refractivity contribution >= 4 is 58.9 Å². The van der Waals surface area contributed by atoms with Crippen LogP contribution in [0.3, 0.4) is 0 Å². The standard InChI is InChI=1S/C19H18N4O12.2Y/c1-3-21-11(25)19(16(32)33,17(34)35)13(27)23-9-6-4-8(5-7-9)22-12(26)18(14(28)29,15(30)31)10(24)20-2;;/h4,7H,3H2,1-2H3,(H,20,24)(H,21,25)(H,22,26)(H,23,27)(H,28,29)(H,30,31)(H,32,33)(H,34,35);;/q-2;;. The number of anilines is 2. The molecule has 0 spiro atoms. The molecule has 0 aliphatic heterocycles. The summed E-state index contributed by atoms with van der Waals surface area (Å²) < 4.78 is 0. The molecule has 0 bridgehead atoms. The minimum atomic E-state index is -3.56. The van der Waals surface area contributed by atoms with Crippen molar-refractivity contribution in [3.05, 3.63) is 24.3 Å². The van der Waals surface area contributed by atoms with Crippen LogP contribution in [-0.4, -0.2) is 81.5 Å². The third-order valence-electron chi connectivity index (χ3n) is 4.45. The van der Waals surface area contributed by atoms with E-state index in [4.69, 9.17) is 0 Å². The van der Waals surface area contributed by atoms with Gasteiger partial charge in [-0.3, -0.25) is 43.4 Å². The fraction of sp³-hybridized carbons (Fsp3) is 0.263. The number of rotatable bonds is 11. The molecule has 8 N–H and O–H groups in total. The van der Waals surface area contributed by atoms with Crippen LogP contribution in [0, 0.1) is 23.0 Å². The maximum absolute atomic E-state index is 12.5. The summed E-state index contributed by atoms with van der Waals surface area (Å²) in [6, 6.07) is 6.12. The van der Waals surface area contributed by atoms with Crippen molar-refractivity contribution in [2.24, 2.45) is 10.8 Å². The third-order valence-corrected chi connectivity index (χ3v) is 4.45. The van der Waals surface area contributed by atoms with Gasteiger partial charge in [-0.25, -0.2) is 19.2 Å². The Morgan fingerprint density at radius 2 is 1.00 bits per heavy atom. The Labute approximate surface area is 258 Å². The van der Waals surface area contributed by atoms with Crippen LogP contribution in [0.1, 0.15) is 6.92 Å². The molecular weight excluding hydrogens is 654 g/mol. The fourth-order valence-electron chi connectivity index (χ4n) is 2.61. The number of hydrogen-bond acceptors (Lipinski definition) is 8. The minimum Gasteiger partial charge on any atom is -0.480 e. The number of benzene rings is 1. The summed E-state index contributed by atoms with van der Waals surface area (Å²) >= 11 is 0. The minimum absolute atomic E-state index is 0. The molecule has 0 fully saturated rings. The Kier molecular flexibility index (Phi) is 14.5. The second kappa shape index (κ2) is 14.8. The monoisotopic (exact) mass is 672 g/mol. The van der Waals surface area contributed by atoms with Gasteiger partial charge in [-0.05, 0) is 6.92 Å². The second-order valence-corrected chi connectivity index (χ2v) is 6.47. The van der Waals surface area contributed by atoms with E-state index in [1.165, 1.54) is 6.92 Å². The Bertz CT molecular complexity index is 1080. The van der Waals surface area contributed by atoms with E-state index in [1.807, 2.05) is 16.0 Å². The molecule has 0 saturated heterocycles. The van der Waals surface area contributed by atoms with Crippen molar-refractivity contribution in [1.82, 2.24) is 10.6 Å². The van der Waals surface area contributed by atoms with Gasteiger partial charge in [0.05, 0.1) is 0 Å². The Balaban J connectivity index is 0. The number of carbonyl (C=O) groups excluding carboxylic acids is 4. The van der Waals surface area contributed by atoms with Crippen molar-refractivity contribution < 1.29 is 124 Å². The largest absolute Gasteiger partial charge is 0.480 e. The normalized spacial score (nSPS) is 10.3. The van der Waals surface area contributed by atoms with Crippen LogP contribution in [0.2, 0.25) is 0 Å². The van der Waals surface area contributed by atoms with Gasteiger partial charge in [0.15, 0.2) is 0 Å². The van der Waals surface area contributed by atoms with Crippen molar-refractivity contribution in [2.45, 2.75) is 6.92 Å². The predicted octanol–water partition coefficient (Wildman–Crippen LogP) is -2.65. The van der Waals surface area contributed by atoms with Gasteiger partial charge in [-0.2, -0.15) is 11.4 Å². The van der Waals surface area contributed by atoms with E-state index in [0.717, 1.165) is 19.2 Å². The van der Waals surface area contributed by atoms with Crippen molar-refractivity contribution in [1.29, 1.82) is 0 Å². The summed E-state index contributed by atoms with van der Waals surface area (Å²) in [7, 11) is 0.905. The summed E-state index contributed by atoms with van der Waals surface area (Å²) in [4.78, 5) is 95.0. The van der Waals surface area contributed by atoms with Crippen LogP contribution in [0.4, 0.5) is 11.4 Å². The average Bonchev–Trinajstić information content (AvgIpc) is 2.74. The van der Waals surface area contributed by atoms with E-state index < -0.39 is 69.7 Å². The number of hydrogen-bond donors (Lipinski definition) is 8. The number of carboxylic acid groups (broad SMARTS) is 4. The Morgan fingerprint density at radius 3 is 1.24 bits per heavy atom. The summed E-state index contributed by atoms with van der Waals surface area (Å²) in [5, 5.41) is 44.5. The van der Waals surface area contributed by atoms with E-state index >= 15 is 0 Å². The fourth-order valence-corrected chi connectivity index (χ4v) is 2.61. The van der Waals surface area contributed by atoms with Gasteiger partial charge in [0.2, 0.25) is 0 Å². The van der Waals surface area contributed by atoms with Crippen LogP contribution < -0.4 is 21.3 Å². The molecule has 0 atom stereocenters. The number of amides is 4. The molecule has 0 heterocycles. The topological polar surface area (TPSA) is 266 Å². The molecule has 0 aliphatic carbocycles. The first-order valence-electron chi connectivity index (χ1n) is 9.24. The van der Waals surface area contributed by atoms with Crippen LogP contribution in [-0.2, 0) is 104 Å². The number of carbonyl (C=O) groups is 8. The van der Waals surface area contributed by atoms with Crippen LogP contribution >= 0.6 is 0 Å². The quantitative estimate of drug-likeness (QED) is 0.0886. The summed E-state index contributed by atoms with van der Waals surface area (Å²) in [5.41, 5.74) is -7.99. The van der Waals surface area contributed by atoms with Crippen LogP contribution in [0.5, 0.6) is 0 Å². The van der Waals surface area contributed by atoms with Crippen molar-refractivity contribution in [2.75, 3.05) is 24.2 Å². The van der Waals surface area contributed by atoms with Gasteiger partial charge < -0.3 is 41.7 Å². The van der Waals surface area contributed by atoms with Gasteiger partial charge in [-0.15, -0.1) is 0 Å².